The summed E-state index contributed by atoms with van der Waals surface area (Å²) in [6.45, 7) is 12.2. The lowest BCUT2D eigenvalue weighted by molar-refractivity contribution is -0.199. The number of hydrogen-bond acceptors (Lipinski definition) is 12. The van der Waals surface area contributed by atoms with E-state index in [4.69, 9.17) is 14.8 Å². The molecular formula is C50H61N7O10S2. The molecule has 2 aromatic carbocycles. The van der Waals surface area contributed by atoms with Gasteiger partial charge in [-0.15, -0.1) is 0 Å². The molecule has 1 aliphatic heterocycles. The predicted molar refractivity (Wildman–Crippen MR) is 262 cm³/mol. The standard InChI is InChI=1S/C50H61N7O10S2/c1-6-49(28-48(5)26-47(3,4)27-50(29-48,30-49)67-22-20-55(21-23-69(64,65)66)41(58)16-17-42(59)60)31-57-32(2)36(24-51-57)34-14-15-40(53-43(34)45(62)63)56-19-18-33-10-9-11-35(37(33)25-56)44(61)54-46-52-38-12-7-8-13-39(38)68-46/h7-15,24H,6,16-23,25-31H2,1-5H3,(H,59,60)(H,62,63)(H,52,54,61)(H,64,65,66). The third-order valence-electron chi connectivity index (χ3n) is 14.3. The summed E-state index contributed by atoms with van der Waals surface area (Å²) in [6, 6.07) is 17.0. The van der Waals surface area contributed by atoms with Crippen molar-refractivity contribution >= 4 is 66.4 Å². The number of carboxylic acids is 2. The third kappa shape index (κ3) is 11.2. The maximum Gasteiger partial charge on any atom is 0.355 e. The van der Waals surface area contributed by atoms with Gasteiger partial charge in [0, 0.05) is 61.5 Å². The van der Waals surface area contributed by atoms with Gasteiger partial charge in [0.05, 0.1) is 40.8 Å². The van der Waals surface area contributed by atoms with Gasteiger partial charge in [0.1, 0.15) is 5.82 Å². The predicted octanol–water partition coefficient (Wildman–Crippen LogP) is 8.12. The minimum absolute atomic E-state index is 0.0292. The Morgan fingerprint density at radius 1 is 0.913 bits per heavy atom. The number of nitrogens with one attached hydrogen (secondary N) is 1. The van der Waals surface area contributed by atoms with Gasteiger partial charge in [-0.2, -0.15) is 13.5 Å². The topological polar surface area (TPSA) is 234 Å². The van der Waals surface area contributed by atoms with Crippen LogP contribution in [0.3, 0.4) is 0 Å². The number of rotatable bonds is 18. The van der Waals surface area contributed by atoms with Gasteiger partial charge in [-0.3, -0.25) is 28.9 Å². The molecule has 69 heavy (non-hydrogen) atoms. The summed E-state index contributed by atoms with van der Waals surface area (Å²) >= 11 is 1.41. The van der Waals surface area contributed by atoms with Gasteiger partial charge in [0.2, 0.25) is 5.91 Å². The second kappa shape index (κ2) is 19.2. The molecule has 5 aromatic rings. The van der Waals surface area contributed by atoms with Gasteiger partial charge in [0.15, 0.2) is 10.8 Å². The van der Waals surface area contributed by atoms with Crippen molar-refractivity contribution in [3.63, 3.8) is 0 Å². The molecule has 17 nitrogen and oxygen atoms in total. The van der Waals surface area contributed by atoms with Crippen molar-refractivity contribution in [2.75, 3.05) is 42.2 Å². The Bertz CT molecular complexity index is 2880. The van der Waals surface area contributed by atoms with Crippen LogP contribution in [0.1, 0.15) is 117 Å². The molecule has 0 saturated heterocycles. The number of aromatic nitrogens is 4. The Hall–Kier alpha value is -5.76. The van der Waals surface area contributed by atoms with Crippen molar-refractivity contribution in [3.8, 4) is 11.1 Å². The molecule has 2 fully saturated rings. The molecular weight excluding hydrogens is 923 g/mol. The number of anilines is 2. The first-order valence-corrected chi connectivity index (χ1v) is 25.9. The van der Waals surface area contributed by atoms with Gasteiger partial charge < -0.3 is 24.7 Å². The van der Waals surface area contributed by atoms with Gasteiger partial charge in [-0.25, -0.2) is 14.8 Å². The first-order valence-electron chi connectivity index (χ1n) is 23.5. The third-order valence-corrected chi connectivity index (χ3v) is 16.0. The number of nitrogens with zero attached hydrogens (tertiary/aromatic N) is 6. The van der Waals surface area contributed by atoms with Crippen molar-refractivity contribution in [3.05, 3.63) is 88.9 Å². The molecule has 2 bridgehead atoms. The molecule has 3 aromatic heterocycles. The molecule has 368 valence electrons. The second-order valence-electron chi connectivity index (χ2n) is 20.5. The number of carboxylic acid groups (broad SMARTS) is 2. The molecule has 3 unspecified atom stereocenters. The van der Waals surface area contributed by atoms with Gasteiger partial charge in [0.25, 0.3) is 16.0 Å². The zero-order valence-corrected chi connectivity index (χ0v) is 41.4. The number of benzene rings is 2. The van der Waals surface area contributed by atoms with Crippen LogP contribution in [0.2, 0.25) is 0 Å². The fourth-order valence-corrected chi connectivity index (χ4v) is 13.4. The summed E-state index contributed by atoms with van der Waals surface area (Å²) in [4.78, 5) is 63.6. The Morgan fingerprint density at radius 3 is 2.42 bits per heavy atom. The summed E-state index contributed by atoms with van der Waals surface area (Å²) < 4.78 is 42.6. The number of ether oxygens (including phenoxy) is 1. The van der Waals surface area contributed by atoms with E-state index >= 15 is 0 Å². The summed E-state index contributed by atoms with van der Waals surface area (Å²) in [6.07, 6.45) is 6.52. The second-order valence-corrected chi connectivity index (χ2v) is 23.1. The monoisotopic (exact) mass is 983 g/mol. The van der Waals surface area contributed by atoms with Crippen LogP contribution < -0.4 is 10.2 Å². The fourth-order valence-electron chi connectivity index (χ4n) is 12.1. The number of aromatic carboxylic acids is 1. The molecule has 0 radical (unpaired) electrons. The van der Waals surface area contributed by atoms with Crippen molar-refractivity contribution in [2.24, 2.45) is 16.2 Å². The first kappa shape index (κ1) is 49.7. The van der Waals surface area contributed by atoms with Crippen LogP contribution in [0.25, 0.3) is 21.3 Å². The Kier molecular flexibility index (Phi) is 13.8. The molecule has 3 aliphatic rings. The summed E-state index contributed by atoms with van der Waals surface area (Å²) in [5, 5.41) is 28.2. The maximum absolute atomic E-state index is 13.7. The molecule has 4 N–H and O–H groups in total. The van der Waals surface area contributed by atoms with E-state index in [0.717, 1.165) is 59.1 Å². The van der Waals surface area contributed by atoms with Gasteiger partial charge >= 0.3 is 11.9 Å². The fraction of sp³-hybridized carbons (Fsp3) is 0.500. The summed E-state index contributed by atoms with van der Waals surface area (Å²) in [5.41, 5.74) is 3.96. The number of pyridine rings is 1. The number of amides is 2. The van der Waals surface area contributed by atoms with Crippen LogP contribution in [-0.2, 0) is 44.0 Å². The number of hydrogen-bond donors (Lipinski definition) is 4. The van der Waals surface area contributed by atoms with Crippen LogP contribution in [0.15, 0.2) is 60.8 Å². The summed E-state index contributed by atoms with van der Waals surface area (Å²) in [7, 11) is -4.38. The number of para-hydroxylation sites is 1. The smallest absolute Gasteiger partial charge is 0.355 e. The molecule has 2 amide bonds. The van der Waals surface area contributed by atoms with E-state index in [1.54, 1.807) is 18.3 Å². The molecule has 4 heterocycles. The highest BCUT2D eigenvalue weighted by atomic mass is 32.2. The number of fused-ring (bicyclic) bond motifs is 4. The van der Waals surface area contributed by atoms with E-state index in [0.29, 0.717) is 60.1 Å². The highest BCUT2D eigenvalue weighted by Gasteiger charge is 2.59. The van der Waals surface area contributed by atoms with E-state index in [9.17, 15) is 42.4 Å². The van der Waals surface area contributed by atoms with E-state index in [2.05, 4.69) is 38.0 Å². The molecule has 2 aliphatic carbocycles. The number of aliphatic carboxylic acids is 1. The van der Waals surface area contributed by atoms with Crippen LogP contribution in [0.5, 0.6) is 0 Å². The van der Waals surface area contributed by atoms with E-state index < -0.39 is 45.7 Å². The zero-order valence-electron chi connectivity index (χ0n) is 39.8. The van der Waals surface area contributed by atoms with E-state index in [1.807, 2.05) is 59.0 Å². The maximum atomic E-state index is 13.7. The highest BCUT2D eigenvalue weighted by molar-refractivity contribution is 7.85. The van der Waals surface area contributed by atoms with Crippen molar-refractivity contribution < 1.29 is 47.1 Å². The van der Waals surface area contributed by atoms with Crippen molar-refractivity contribution in [1.82, 2.24) is 24.6 Å². The van der Waals surface area contributed by atoms with Gasteiger partial charge in [-0.05, 0) is 110 Å². The lowest BCUT2D eigenvalue weighted by Crippen LogP contribution is -2.58. The van der Waals surface area contributed by atoms with Crippen LogP contribution >= 0.6 is 11.3 Å². The van der Waals surface area contributed by atoms with Crippen LogP contribution in [0.4, 0.5) is 10.9 Å². The first-order chi connectivity index (χ1) is 32.6. The van der Waals surface area contributed by atoms with E-state index in [-0.39, 0.29) is 54.0 Å². The lowest BCUT2D eigenvalue weighted by Gasteiger charge is -2.62. The Balaban J connectivity index is 1.01. The molecule has 0 spiro atoms. The number of carbonyl (C=O) groups is 4. The average Bonchev–Trinajstić information content (AvgIpc) is 3.85. The summed E-state index contributed by atoms with van der Waals surface area (Å²) in [5.74, 6) is -3.31. The van der Waals surface area contributed by atoms with Crippen molar-refractivity contribution in [1.29, 1.82) is 0 Å². The normalized spacial score (nSPS) is 22.0. The molecule has 3 atom stereocenters. The minimum Gasteiger partial charge on any atom is -0.481 e. The van der Waals surface area contributed by atoms with Crippen LogP contribution in [-0.4, -0.2) is 109 Å². The molecule has 2 saturated carbocycles. The Labute approximate surface area is 406 Å². The van der Waals surface area contributed by atoms with Gasteiger partial charge in [-0.1, -0.05) is 63.3 Å². The quantitative estimate of drug-likeness (QED) is 0.0608. The Morgan fingerprint density at radius 2 is 1.70 bits per heavy atom. The lowest BCUT2D eigenvalue weighted by atomic mass is 9.47. The largest absolute Gasteiger partial charge is 0.481 e. The number of thiazole rings is 1. The zero-order chi connectivity index (χ0) is 49.5. The minimum atomic E-state index is -4.38. The number of carbonyl (C=O) groups excluding carboxylic acids is 2. The molecule has 8 rings (SSSR count). The van der Waals surface area contributed by atoms with Crippen LogP contribution in [0, 0.1) is 23.2 Å². The molecule has 19 heteroatoms. The van der Waals surface area contributed by atoms with Crippen molar-refractivity contribution in [2.45, 2.75) is 111 Å². The highest BCUT2D eigenvalue weighted by Crippen LogP contribution is 2.64. The SMILES string of the molecule is CCC1(Cn2ncc(-c3ccc(N4CCc5cccc(C(=O)Nc6nc7ccccc7s6)c5C4)nc3C(=O)O)c2C)CC2(C)CC(C)(C)CC(OCCN(CCS(=O)(=O)O)C(=O)CCC(=O)O)(C2)C1. The van der Waals surface area contributed by atoms with E-state index in [1.165, 1.54) is 16.2 Å². The average molecular weight is 984 g/mol.